The Balaban J connectivity index is 1.92. The highest BCUT2D eigenvalue weighted by Crippen LogP contribution is 2.44. The van der Waals surface area contributed by atoms with Crippen LogP contribution < -0.4 is 5.32 Å². The first kappa shape index (κ1) is 15.9. The summed E-state index contributed by atoms with van der Waals surface area (Å²) in [6.07, 6.45) is 2.53. The Kier molecular flexibility index (Phi) is 4.35. The molecule has 2 aliphatic rings. The molecule has 1 saturated heterocycles. The van der Waals surface area contributed by atoms with Crippen LogP contribution >= 0.6 is 0 Å². The van der Waals surface area contributed by atoms with Crippen molar-refractivity contribution in [3.8, 4) is 0 Å². The van der Waals surface area contributed by atoms with Crippen molar-refractivity contribution < 1.29 is 18.7 Å². The third-order valence-corrected chi connectivity index (χ3v) is 4.82. The molecule has 6 heteroatoms. The number of benzene rings is 1. The number of hydrogen-bond donors (Lipinski definition) is 1. The molecule has 124 valence electrons. The van der Waals surface area contributed by atoms with Gasteiger partial charge in [0.05, 0.1) is 12.0 Å². The van der Waals surface area contributed by atoms with Crippen molar-refractivity contribution in [2.24, 2.45) is 5.41 Å². The third kappa shape index (κ3) is 2.83. The van der Waals surface area contributed by atoms with Gasteiger partial charge in [-0.1, -0.05) is 18.6 Å². The van der Waals surface area contributed by atoms with E-state index in [-0.39, 0.29) is 11.8 Å². The van der Waals surface area contributed by atoms with Crippen LogP contribution in [0, 0.1) is 11.2 Å². The van der Waals surface area contributed by atoms with E-state index in [1.54, 1.807) is 24.1 Å². The maximum absolute atomic E-state index is 13.6. The number of nitrogens with one attached hydrogen (secondary N) is 1. The number of carbonyl (C=O) groups excluding carboxylic acids is 2. The molecule has 1 aliphatic carbocycles. The summed E-state index contributed by atoms with van der Waals surface area (Å²) < 4.78 is 18.8. The van der Waals surface area contributed by atoms with Crippen LogP contribution in [-0.4, -0.2) is 43.5 Å². The van der Waals surface area contributed by atoms with Crippen molar-refractivity contribution in [1.29, 1.82) is 0 Å². The molecule has 0 spiro atoms. The Morgan fingerprint density at radius 2 is 2.26 bits per heavy atom. The molecule has 3 rings (SSSR count). The predicted octanol–water partition coefficient (Wildman–Crippen LogP) is 1.64. The fourth-order valence-corrected chi connectivity index (χ4v) is 3.50. The summed E-state index contributed by atoms with van der Waals surface area (Å²) in [5, 5.41) is 2.77. The number of nitrogens with zero attached hydrogens (tertiary/aromatic N) is 1. The maximum Gasteiger partial charge on any atom is 0.247 e. The van der Waals surface area contributed by atoms with E-state index < -0.39 is 17.3 Å². The van der Waals surface area contributed by atoms with Crippen molar-refractivity contribution >= 4 is 11.8 Å². The minimum Gasteiger partial charge on any atom is -0.384 e. The van der Waals surface area contributed by atoms with E-state index >= 15 is 0 Å². The Morgan fingerprint density at radius 1 is 1.48 bits per heavy atom. The topological polar surface area (TPSA) is 58.6 Å². The van der Waals surface area contributed by atoms with E-state index in [1.807, 2.05) is 0 Å². The van der Waals surface area contributed by atoms with Gasteiger partial charge in [0.25, 0.3) is 0 Å². The van der Waals surface area contributed by atoms with Gasteiger partial charge in [-0.15, -0.1) is 0 Å². The monoisotopic (exact) mass is 320 g/mol. The molecule has 0 bridgehead atoms. The van der Waals surface area contributed by atoms with Gasteiger partial charge in [-0.2, -0.15) is 0 Å². The number of halogens is 1. The lowest BCUT2D eigenvalue weighted by atomic mass is 9.68. The lowest BCUT2D eigenvalue weighted by Gasteiger charge is -2.46. The number of ether oxygens (including phenoxy) is 1. The molecule has 0 unspecified atom stereocenters. The molecule has 1 saturated carbocycles. The molecule has 2 amide bonds. The van der Waals surface area contributed by atoms with Crippen LogP contribution in [0.3, 0.4) is 0 Å². The van der Waals surface area contributed by atoms with Gasteiger partial charge in [-0.05, 0) is 30.5 Å². The van der Waals surface area contributed by atoms with Crippen LogP contribution in [0.5, 0.6) is 0 Å². The van der Waals surface area contributed by atoms with E-state index in [4.69, 9.17) is 4.74 Å². The first-order valence-corrected chi connectivity index (χ1v) is 7.91. The van der Waals surface area contributed by atoms with E-state index in [9.17, 15) is 14.0 Å². The fraction of sp³-hybridized carbons (Fsp3) is 0.529. The van der Waals surface area contributed by atoms with Crippen molar-refractivity contribution in [1.82, 2.24) is 10.2 Å². The van der Waals surface area contributed by atoms with Gasteiger partial charge in [0.15, 0.2) is 0 Å². The number of amides is 2. The molecular weight excluding hydrogens is 299 g/mol. The SMILES string of the molecule is COCC1(C(=O)N2CCNC(=O)[C@H]2c2cccc(F)c2)CCC1. The quantitative estimate of drug-likeness (QED) is 0.917. The van der Waals surface area contributed by atoms with Gasteiger partial charge in [0.1, 0.15) is 11.9 Å². The fourth-order valence-electron chi connectivity index (χ4n) is 3.50. The molecule has 1 aromatic rings. The zero-order valence-corrected chi connectivity index (χ0v) is 13.2. The zero-order chi connectivity index (χ0) is 16.4. The third-order valence-electron chi connectivity index (χ3n) is 4.82. The van der Waals surface area contributed by atoms with Gasteiger partial charge in [0, 0.05) is 20.2 Å². The molecule has 1 aliphatic heterocycles. The molecule has 0 radical (unpaired) electrons. The van der Waals surface area contributed by atoms with E-state index in [0.717, 1.165) is 19.3 Å². The first-order valence-electron chi connectivity index (χ1n) is 7.91. The highest BCUT2D eigenvalue weighted by molar-refractivity contribution is 5.92. The molecule has 2 fully saturated rings. The van der Waals surface area contributed by atoms with Crippen LogP contribution in [0.25, 0.3) is 0 Å². The standard InChI is InChI=1S/C17H21FN2O3/c1-23-11-17(6-3-7-17)16(22)20-9-8-19-15(21)14(20)12-4-2-5-13(18)10-12/h2,4-5,10,14H,3,6-9,11H2,1H3,(H,19,21)/t14-/m1/s1. The summed E-state index contributed by atoms with van der Waals surface area (Å²) in [6, 6.07) is 5.11. The van der Waals surface area contributed by atoms with Crippen LogP contribution in [0.1, 0.15) is 30.9 Å². The van der Waals surface area contributed by atoms with Crippen LogP contribution in [-0.2, 0) is 14.3 Å². The highest BCUT2D eigenvalue weighted by atomic mass is 19.1. The number of hydrogen-bond acceptors (Lipinski definition) is 3. The summed E-state index contributed by atoms with van der Waals surface area (Å²) >= 11 is 0. The summed E-state index contributed by atoms with van der Waals surface area (Å²) in [4.78, 5) is 27.0. The second-order valence-electron chi connectivity index (χ2n) is 6.31. The number of methoxy groups -OCH3 is 1. The second kappa shape index (κ2) is 6.28. The number of rotatable bonds is 4. The molecule has 1 atom stereocenters. The number of piperazine rings is 1. The molecule has 5 nitrogen and oxygen atoms in total. The Hall–Kier alpha value is -1.95. The predicted molar refractivity (Wildman–Crippen MR) is 82.0 cm³/mol. The lowest BCUT2D eigenvalue weighted by Crippen LogP contribution is -2.58. The van der Waals surface area contributed by atoms with Gasteiger partial charge >= 0.3 is 0 Å². The van der Waals surface area contributed by atoms with E-state index in [2.05, 4.69) is 5.32 Å². The first-order chi connectivity index (χ1) is 11.1. The van der Waals surface area contributed by atoms with Crippen LogP contribution in [0.15, 0.2) is 24.3 Å². The minimum absolute atomic E-state index is 0.0605. The molecule has 1 aromatic carbocycles. The van der Waals surface area contributed by atoms with Crippen LogP contribution in [0.2, 0.25) is 0 Å². The van der Waals surface area contributed by atoms with Crippen molar-refractivity contribution in [2.45, 2.75) is 25.3 Å². The lowest BCUT2D eigenvalue weighted by molar-refractivity contribution is -0.159. The Bertz CT molecular complexity index is 616. The summed E-state index contributed by atoms with van der Waals surface area (Å²) in [5.74, 6) is -0.736. The normalized spacial score (nSPS) is 23.1. The molecule has 1 N–H and O–H groups in total. The molecular formula is C17H21FN2O3. The Morgan fingerprint density at radius 3 is 2.87 bits per heavy atom. The van der Waals surface area contributed by atoms with E-state index in [1.165, 1.54) is 12.1 Å². The smallest absolute Gasteiger partial charge is 0.247 e. The van der Waals surface area contributed by atoms with Crippen LogP contribution in [0.4, 0.5) is 4.39 Å². The minimum atomic E-state index is -0.777. The number of carbonyl (C=O) groups is 2. The average molecular weight is 320 g/mol. The van der Waals surface area contributed by atoms with Crippen molar-refractivity contribution in [2.75, 3.05) is 26.8 Å². The average Bonchev–Trinajstić information content (AvgIpc) is 2.50. The molecule has 0 aromatic heterocycles. The van der Waals surface area contributed by atoms with Gasteiger partial charge in [-0.3, -0.25) is 9.59 Å². The van der Waals surface area contributed by atoms with Gasteiger partial charge in [0.2, 0.25) is 11.8 Å². The van der Waals surface area contributed by atoms with Crippen molar-refractivity contribution in [3.05, 3.63) is 35.6 Å². The largest absolute Gasteiger partial charge is 0.384 e. The molecule has 1 heterocycles. The van der Waals surface area contributed by atoms with Gasteiger partial charge < -0.3 is 15.0 Å². The molecule has 23 heavy (non-hydrogen) atoms. The van der Waals surface area contributed by atoms with Crippen molar-refractivity contribution in [3.63, 3.8) is 0 Å². The Labute approximate surface area is 134 Å². The van der Waals surface area contributed by atoms with Gasteiger partial charge in [-0.25, -0.2) is 4.39 Å². The maximum atomic E-state index is 13.6. The van der Waals surface area contributed by atoms with E-state index in [0.29, 0.717) is 25.3 Å². The summed E-state index contributed by atoms with van der Waals surface area (Å²) in [6.45, 7) is 1.20. The second-order valence-corrected chi connectivity index (χ2v) is 6.31. The summed E-state index contributed by atoms with van der Waals surface area (Å²) in [5.41, 5.74) is -0.0276. The zero-order valence-electron chi connectivity index (χ0n) is 13.2. The summed E-state index contributed by atoms with van der Waals surface area (Å²) in [7, 11) is 1.58. The highest BCUT2D eigenvalue weighted by Gasteiger charge is 2.49.